The van der Waals surface area contributed by atoms with E-state index in [0.29, 0.717) is 0 Å². The molecule has 3 nitrogen and oxygen atoms in total. The van der Waals surface area contributed by atoms with Gasteiger partial charge in [0.25, 0.3) is 0 Å². The van der Waals surface area contributed by atoms with E-state index in [1.165, 1.54) is 20.0 Å². The maximum Gasteiger partial charge on any atom is 0.311 e. The van der Waals surface area contributed by atoms with Crippen LogP contribution in [0.2, 0.25) is 0 Å². The highest BCUT2D eigenvalue weighted by Crippen LogP contribution is 2.41. The Balaban J connectivity index is 2.71. The Morgan fingerprint density at radius 3 is 2.33 bits per heavy atom. The lowest BCUT2D eigenvalue weighted by molar-refractivity contribution is -0.163. The molecule has 106 valence electrons. The van der Waals surface area contributed by atoms with Crippen molar-refractivity contribution in [3.63, 3.8) is 0 Å². The normalized spacial score (nSPS) is 30.2. The zero-order valence-electron chi connectivity index (χ0n) is 12.2. The first kappa shape index (κ1) is 15.5. The van der Waals surface area contributed by atoms with E-state index in [0.717, 1.165) is 31.6 Å². The van der Waals surface area contributed by atoms with Crippen molar-refractivity contribution in [2.45, 2.75) is 64.9 Å². The van der Waals surface area contributed by atoms with E-state index < -0.39 is 5.60 Å². The van der Waals surface area contributed by atoms with Crippen molar-refractivity contribution in [1.29, 1.82) is 0 Å². The second kappa shape index (κ2) is 6.55. The largest absolute Gasteiger partial charge is 0.469 e. The SMILES string of the molecule is CCCC1CCC(O)(C(C(=O)OC)C(C)C)CC1. The molecule has 0 spiro atoms. The minimum Gasteiger partial charge on any atom is -0.469 e. The molecule has 1 aliphatic rings. The summed E-state index contributed by atoms with van der Waals surface area (Å²) in [6, 6.07) is 0. The summed E-state index contributed by atoms with van der Waals surface area (Å²) in [5, 5.41) is 10.8. The second-order valence-corrected chi connectivity index (χ2v) is 6.08. The summed E-state index contributed by atoms with van der Waals surface area (Å²) < 4.78 is 4.87. The monoisotopic (exact) mass is 256 g/mol. The molecule has 0 heterocycles. The van der Waals surface area contributed by atoms with Crippen molar-refractivity contribution >= 4 is 5.97 Å². The molecule has 18 heavy (non-hydrogen) atoms. The van der Waals surface area contributed by atoms with Crippen molar-refractivity contribution < 1.29 is 14.6 Å². The highest BCUT2D eigenvalue weighted by molar-refractivity contribution is 5.74. The number of methoxy groups -OCH3 is 1. The lowest BCUT2D eigenvalue weighted by atomic mass is 9.68. The first-order valence-electron chi connectivity index (χ1n) is 7.24. The molecule has 3 heteroatoms. The fourth-order valence-corrected chi connectivity index (χ4v) is 3.42. The van der Waals surface area contributed by atoms with Crippen LogP contribution in [-0.2, 0) is 9.53 Å². The van der Waals surface area contributed by atoms with Gasteiger partial charge < -0.3 is 9.84 Å². The Morgan fingerprint density at radius 2 is 1.94 bits per heavy atom. The zero-order valence-corrected chi connectivity index (χ0v) is 12.2. The Hall–Kier alpha value is -0.570. The first-order valence-corrected chi connectivity index (χ1v) is 7.24. The fraction of sp³-hybridized carbons (Fsp3) is 0.933. The van der Waals surface area contributed by atoms with Gasteiger partial charge in [-0.2, -0.15) is 0 Å². The number of aliphatic hydroxyl groups is 1. The molecule has 0 aromatic rings. The van der Waals surface area contributed by atoms with E-state index in [1.54, 1.807) is 0 Å². The third-order valence-corrected chi connectivity index (χ3v) is 4.37. The van der Waals surface area contributed by atoms with Gasteiger partial charge in [-0.15, -0.1) is 0 Å². The maximum atomic E-state index is 11.9. The van der Waals surface area contributed by atoms with Crippen LogP contribution in [0.25, 0.3) is 0 Å². The number of carbonyl (C=O) groups is 1. The number of hydrogen-bond donors (Lipinski definition) is 1. The van der Waals surface area contributed by atoms with Crippen LogP contribution in [0.4, 0.5) is 0 Å². The number of hydrogen-bond acceptors (Lipinski definition) is 3. The van der Waals surface area contributed by atoms with Crippen LogP contribution >= 0.6 is 0 Å². The molecule has 0 aliphatic heterocycles. The predicted octanol–water partition coefficient (Wildman–Crippen LogP) is 3.15. The molecule has 1 unspecified atom stereocenters. The average Bonchev–Trinajstić information content (AvgIpc) is 2.32. The molecule has 0 aromatic carbocycles. The minimum atomic E-state index is -0.856. The van der Waals surface area contributed by atoms with Crippen LogP contribution in [0.3, 0.4) is 0 Å². The van der Waals surface area contributed by atoms with Gasteiger partial charge in [0.05, 0.1) is 18.6 Å². The molecule has 0 radical (unpaired) electrons. The molecule has 1 N–H and O–H groups in total. The van der Waals surface area contributed by atoms with Crippen molar-refractivity contribution in [3.8, 4) is 0 Å². The number of ether oxygens (including phenoxy) is 1. The number of rotatable bonds is 5. The summed E-state index contributed by atoms with van der Waals surface area (Å²) in [4.78, 5) is 11.9. The topological polar surface area (TPSA) is 46.5 Å². The number of esters is 1. The lowest BCUT2D eigenvalue weighted by Gasteiger charge is -2.42. The van der Waals surface area contributed by atoms with Crippen LogP contribution in [0.15, 0.2) is 0 Å². The van der Waals surface area contributed by atoms with Gasteiger partial charge in [-0.3, -0.25) is 4.79 Å². The quantitative estimate of drug-likeness (QED) is 0.769. The van der Waals surface area contributed by atoms with Crippen molar-refractivity contribution in [1.82, 2.24) is 0 Å². The lowest BCUT2D eigenvalue weighted by Crippen LogP contribution is -2.48. The standard InChI is InChI=1S/C15H28O3/c1-5-6-12-7-9-15(17,10-8-12)13(11(2)3)14(16)18-4/h11-13,17H,5-10H2,1-4H3. The van der Waals surface area contributed by atoms with Gasteiger partial charge in [0, 0.05) is 0 Å². The van der Waals surface area contributed by atoms with Gasteiger partial charge >= 0.3 is 5.97 Å². The third-order valence-electron chi connectivity index (χ3n) is 4.37. The van der Waals surface area contributed by atoms with Crippen molar-refractivity contribution in [2.24, 2.45) is 17.8 Å². The number of carbonyl (C=O) groups excluding carboxylic acids is 1. The molecule has 0 amide bonds. The van der Waals surface area contributed by atoms with Gasteiger partial charge in [-0.05, 0) is 37.5 Å². The molecule has 0 aromatic heterocycles. The molecular formula is C15H28O3. The predicted molar refractivity (Wildman–Crippen MR) is 72.2 cm³/mol. The van der Waals surface area contributed by atoms with Gasteiger partial charge in [-0.1, -0.05) is 33.6 Å². The van der Waals surface area contributed by atoms with Crippen LogP contribution in [0.1, 0.15) is 59.3 Å². The highest BCUT2D eigenvalue weighted by Gasteiger charge is 2.45. The third kappa shape index (κ3) is 3.47. The molecule has 1 aliphatic carbocycles. The molecule has 0 bridgehead atoms. The maximum absolute atomic E-state index is 11.9. The molecule has 1 atom stereocenters. The molecule has 0 saturated heterocycles. The van der Waals surface area contributed by atoms with Gasteiger partial charge in [0.2, 0.25) is 0 Å². The van der Waals surface area contributed by atoms with E-state index in [1.807, 2.05) is 13.8 Å². The highest BCUT2D eigenvalue weighted by atomic mass is 16.5. The van der Waals surface area contributed by atoms with Crippen LogP contribution in [0.5, 0.6) is 0 Å². The van der Waals surface area contributed by atoms with E-state index in [4.69, 9.17) is 4.74 Å². The Morgan fingerprint density at radius 1 is 1.39 bits per heavy atom. The summed E-state index contributed by atoms with van der Waals surface area (Å²) >= 11 is 0. The minimum absolute atomic E-state index is 0.116. The van der Waals surface area contributed by atoms with E-state index >= 15 is 0 Å². The van der Waals surface area contributed by atoms with Crippen molar-refractivity contribution in [3.05, 3.63) is 0 Å². The summed E-state index contributed by atoms with van der Waals surface area (Å²) in [6.45, 7) is 6.17. The zero-order chi connectivity index (χ0) is 13.8. The van der Waals surface area contributed by atoms with E-state index in [9.17, 15) is 9.90 Å². The summed E-state index contributed by atoms with van der Waals surface area (Å²) in [6.07, 6.45) is 5.97. The van der Waals surface area contributed by atoms with Gasteiger partial charge in [-0.25, -0.2) is 0 Å². The van der Waals surface area contributed by atoms with E-state index in [2.05, 4.69) is 6.92 Å². The molecule has 1 rings (SSSR count). The van der Waals surface area contributed by atoms with Crippen LogP contribution in [-0.4, -0.2) is 23.8 Å². The van der Waals surface area contributed by atoms with Crippen LogP contribution in [0, 0.1) is 17.8 Å². The van der Waals surface area contributed by atoms with Crippen LogP contribution < -0.4 is 0 Å². The summed E-state index contributed by atoms with van der Waals surface area (Å²) in [5.41, 5.74) is -0.856. The smallest absolute Gasteiger partial charge is 0.311 e. The molecular weight excluding hydrogens is 228 g/mol. The first-order chi connectivity index (χ1) is 8.44. The Labute approximate surface area is 111 Å². The van der Waals surface area contributed by atoms with Crippen molar-refractivity contribution in [2.75, 3.05) is 7.11 Å². The Kier molecular flexibility index (Phi) is 5.64. The fourth-order valence-electron chi connectivity index (χ4n) is 3.42. The second-order valence-electron chi connectivity index (χ2n) is 6.08. The van der Waals surface area contributed by atoms with Gasteiger partial charge in [0.15, 0.2) is 0 Å². The Bertz CT molecular complexity index is 265. The summed E-state index contributed by atoms with van der Waals surface area (Å²) in [5.74, 6) is 0.192. The summed E-state index contributed by atoms with van der Waals surface area (Å²) in [7, 11) is 1.41. The average molecular weight is 256 g/mol. The molecule has 1 fully saturated rings. The van der Waals surface area contributed by atoms with E-state index in [-0.39, 0.29) is 17.8 Å². The molecule has 1 saturated carbocycles. The van der Waals surface area contributed by atoms with Gasteiger partial charge in [0.1, 0.15) is 0 Å².